The molecular formula is C27H22O. The predicted molar refractivity (Wildman–Crippen MR) is 116 cm³/mol. The van der Waals surface area contributed by atoms with E-state index >= 15 is 0 Å². The van der Waals surface area contributed by atoms with Crippen LogP contribution in [0.5, 0.6) is 5.75 Å². The van der Waals surface area contributed by atoms with Crippen molar-refractivity contribution in [2.45, 2.75) is 19.4 Å². The first-order valence-electron chi connectivity index (χ1n) is 9.75. The van der Waals surface area contributed by atoms with Crippen LogP contribution in [0, 0.1) is 6.92 Å². The third-order valence-corrected chi connectivity index (χ3v) is 5.71. The molecule has 0 aromatic heterocycles. The standard InChI is InChI=1S/C27H22O/c1-3-4-5-13-21-18-20-12-6-8-15-23(20)27(21)24-16-10-11-19(2)26(24)22-14-7-9-17-25(22)28-27/h3-18H,1-2H3/b4-3-,13-5-. The second-order valence-corrected chi connectivity index (χ2v) is 7.35. The molecule has 1 spiro atoms. The quantitative estimate of drug-likeness (QED) is 0.454. The molecule has 1 aliphatic carbocycles. The number of ether oxygens (including phenoxy) is 1. The molecule has 1 aliphatic heterocycles. The zero-order valence-corrected chi connectivity index (χ0v) is 16.1. The Morgan fingerprint density at radius 1 is 0.821 bits per heavy atom. The highest BCUT2D eigenvalue weighted by atomic mass is 16.5. The lowest BCUT2D eigenvalue weighted by Crippen LogP contribution is -2.37. The lowest BCUT2D eigenvalue weighted by molar-refractivity contribution is 0.155. The Balaban J connectivity index is 1.86. The molecule has 0 saturated carbocycles. The first kappa shape index (κ1) is 16.8. The Labute approximate surface area is 166 Å². The van der Waals surface area contributed by atoms with E-state index in [0.29, 0.717) is 0 Å². The van der Waals surface area contributed by atoms with Crippen LogP contribution in [0.3, 0.4) is 0 Å². The largest absolute Gasteiger partial charge is 0.472 e. The van der Waals surface area contributed by atoms with E-state index in [1.165, 1.54) is 33.4 Å². The van der Waals surface area contributed by atoms with Gasteiger partial charge >= 0.3 is 0 Å². The highest BCUT2D eigenvalue weighted by Gasteiger charge is 2.48. The van der Waals surface area contributed by atoms with Gasteiger partial charge in [-0.3, -0.25) is 0 Å². The van der Waals surface area contributed by atoms with Crippen LogP contribution in [0.15, 0.2) is 96.6 Å². The molecule has 5 rings (SSSR count). The number of rotatable bonds is 2. The number of hydrogen-bond donors (Lipinski definition) is 0. The molecule has 0 amide bonds. The molecule has 2 aliphatic rings. The van der Waals surface area contributed by atoms with Crippen LogP contribution in [0.2, 0.25) is 0 Å². The fraction of sp³-hybridized carbons (Fsp3) is 0.111. The highest BCUT2D eigenvalue weighted by molar-refractivity contribution is 5.85. The maximum absolute atomic E-state index is 6.89. The van der Waals surface area contributed by atoms with Crippen LogP contribution < -0.4 is 4.74 Å². The summed E-state index contributed by atoms with van der Waals surface area (Å²) in [7, 11) is 0. The fourth-order valence-corrected chi connectivity index (χ4v) is 4.52. The molecule has 0 radical (unpaired) electrons. The monoisotopic (exact) mass is 362 g/mol. The van der Waals surface area contributed by atoms with Gasteiger partial charge in [-0.2, -0.15) is 0 Å². The molecule has 0 N–H and O–H groups in total. The van der Waals surface area contributed by atoms with E-state index in [9.17, 15) is 0 Å². The Hall–Kier alpha value is -3.32. The van der Waals surface area contributed by atoms with Gasteiger partial charge in [0, 0.05) is 22.3 Å². The van der Waals surface area contributed by atoms with Gasteiger partial charge in [0.2, 0.25) is 0 Å². The predicted octanol–water partition coefficient (Wildman–Crippen LogP) is 6.83. The van der Waals surface area contributed by atoms with Crippen LogP contribution in [-0.2, 0) is 5.60 Å². The highest BCUT2D eigenvalue weighted by Crippen LogP contribution is 2.56. The van der Waals surface area contributed by atoms with E-state index in [4.69, 9.17) is 4.74 Å². The van der Waals surface area contributed by atoms with Crippen molar-refractivity contribution >= 4 is 6.08 Å². The van der Waals surface area contributed by atoms with E-state index in [1.807, 2.05) is 13.0 Å². The van der Waals surface area contributed by atoms with Crippen LogP contribution in [0.4, 0.5) is 0 Å². The zero-order valence-electron chi connectivity index (χ0n) is 16.1. The molecule has 136 valence electrons. The third-order valence-electron chi connectivity index (χ3n) is 5.71. The summed E-state index contributed by atoms with van der Waals surface area (Å²) in [6.45, 7) is 4.22. The smallest absolute Gasteiger partial charge is 0.185 e. The number of fused-ring (bicyclic) bond motifs is 6. The number of hydrogen-bond acceptors (Lipinski definition) is 1. The Morgan fingerprint density at radius 2 is 1.61 bits per heavy atom. The van der Waals surface area contributed by atoms with Gasteiger partial charge < -0.3 is 4.74 Å². The summed E-state index contributed by atoms with van der Waals surface area (Å²) in [5.41, 5.74) is 7.90. The van der Waals surface area contributed by atoms with Crippen LogP contribution in [0.25, 0.3) is 17.2 Å². The van der Waals surface area contributed by atoms with Gasteiger partial charge in [0.05, 0.1) is 0 Å². The van der Waals surface area contributed by atoms with Gasteiger partial charge in [0.25, 0.3) is 0 Å². The molecule has 1 heterocycles. The van der Waals surface area contributed by atoms with Gasteiger partial charge in [-0.25, -0.2) is 0 Å². The summed E-state index contributed by atoms with van der Waals surface area (Å²) in [6, 6.07) is 23.5. The second-order valence-electron chi connectivity index (χ2n) is 7.35. The number of aryl methyl sites for hydroxylation is 1. The van der Waals surface area contributed by atoms with Crippen molar-refractivity contribution in [3.05, 3.63) is 119 Å². The Kier molecular flexibility index (Phi) is 3.84. The first-order chi connectivity index (χ1) is 13.8. The molecule has 0 saturated heterocycles. The summed E-state index contributed by atoms with van der Waals surface area (Å²) >= 11 is 0. The summed E-state index contributed by atoms with van der Waals surface area (Å²) in [5, 5.41) is 0. The summed E-state index contributed by atoms with van der Waals surface area (Å²) < 4.78 is 6.89. The minimum absolute atomic E-state index is 0.621. The van der Waals surface area contributed by atoms with Gasteiger partial charge in [0.15, 0.2) is 5.60 Å². The molecule has 1 heteroatoms. The number of allylic oxidation sites excluding steroid dienone is 3. The van der Waals surface area contributed by atoms with E-state index in [1.54, 1.807) is 0 Å². The topological polar surface area (TPSA) is 9.23 Å². The van der Waals surface area contributed by atoms with Gasteiger partial charge in [-0.1, -0.05) is 85.0 Å². The molecule has 0 bridgehead atoms. The molecule has 28 heavy (non-hydrogen) atoms. The van der Waals surface area contributed by atoms with Crippen LogP contribution in [0.1, 0.15) is 29.2 Å². The molecule has 1 nitrogen and oxygen atoms in total. The Bertz CT molecular complexity index is 1160. The average molecular weight is 362 g/mol. The molecule has 3 aromatic rings. The molecule has 3 aromatic carbocycles. The van der Waals surface area contributed by atoms with Gasteiger partial charge in [-0.05, 0) is 42.7 Å². The van der Waals surface area contributed by atoms with Crippen LogP contribution in [-0.4, -0.2) is 0 Å². The second kappa shape index (κ2) is 6.38. The molecular weight excluding hydrogens is 340 g/mol. The fourth-order valence-electron chi connectivity index (χ4n) is 4.52. The van der Waals surface area contributed by atoms with Crippen molar-refractivity contribution in [2.24, 2.45) is 0 Å². The number of benzene rings is 3. The first-order valence-corrected chi connectivity index (χ1v) is 9.75. The molecule has 1 atom stereocenters. The summed E-state index contributed by atoms with van der Waals surface area (Å²) in [6.07, 6.45) is 10.6. The van der Waals surface area contributed by atoms with Crippen molar-refractivity contribution in [1.29, 1.82) is 0 Å². The maximum atomic E-state index is 6.89. The lowest BCUT2D eigenvalue weighted by Gasteiger charge is -2.40. The number of para-hydroxylation sites is 1. The van der Waals surface area contributed by atoms with Crippen molar-refractivity contribution in [3.8, 4) is 16.9 Å². The van der Waals surface area contributed by atoms with Crippen molar-refractivity contribution < 1.29 is 4.74 Å². The van der Waals surface area contributed by atoms with E-state index in [-0.39, 0.29) is 0 Å². The average Bonchev–Trinajstić information content (AvgIpc) is 3.03. The van der Waals surface area contributed by atoms with Gasteiger partial charge in [0.1, 0.15) is 5.75 Å². The van der Waals surface area contributed by atoms with Crippen LogP contribution >= 0.6 is 0 Å². The minimum Gasteiger partial charge on any atom is -0.472 e. The summed E-state index contributed by atoms with van der Waals surface area (Å²) in [5.74, 6) is 0.936. The molecule has 0 fully saturated rings. The minimum atomic E-state index is -0.621. The Morgan fingerprint density at radius 3 is 2.50 bits per heavy atom. The zero-order chi connectivity index (χ0) is 19.1. The SMILES string of the molecule is C/C=C\C=C/C1=Cc2ccccc2C12Oc1ccccc1-c1c(C)cccc12. The van der Waals surface area contributed by atoms with Crippen molar-refractivity contribution in [3.63, 3.8) is 0 Å². The van der Waals surface area contributed by atoms with Gasteiger partial charge in [-0.15, -0.1) is 0 Å². The third kappa shape index (κ3) is 2.26. The van der Waals surface area contributed by atoms with E-state index in [0.717, 1.165) is 11.3 Å². The van der Waals surface area contributed by atoms with E-state index in [2.05, 4.69) is 98.0 Å². The molecule has 1 unspecified atom stereocenters. The van der Waals surface area contributed by atoms with E-state index < -0.39 is 5.60 Å². The van der Waals surface area contributed by atoms with Crippen molar-refractivity contribution in [1.82, 2.24) is 0 Å². The maximum Gasteiger partial charge on any atom is 0.185 e. The normalized spacial score (nSPS) is 19.4. The lowest BCUT2D eigenvalue weighted by atomic mass is 9.76. The van der Waals surface area contributed by atoms with Crippen molar-refractivity contribution in [2.75, 3.05) is 0 Å². The summed E-state index contributed by atoms with van der Waals surface area (Å²) in [4.78, 5) is 0.